The lowest BCUT2D eigenvalue weighted by atomic mass is 10.1. The van der Waals surface area contributed by atoms with E-state index in [0.717, 1.165) is 5.69 Å². The van der Waals surface area contributed by atoms with Crippen molar-refractivity contribution in [1.29, 1.82) is 0 Å². The van der Waals surface area contributed by atoms with Gasteiger partial charge in [-0.2, -0.15) is 0 Å². The molecule has 0 bridgehead atoms. The monoisotopic (exact) mass is 347 g/mol. The molecule has 0 aliphatic rings. The zero-order chi connectivity index (χ0) is 16.9. The molecule has 2 aromatic carbocycles. The van der Waals surface area contributed by atoms with Gasteiger partial charge in [-0.15, -0.1) is 11.3 Å². The van der Waals surface area contributed by atoms with E-state index in [4.69, 9.17) is 0 Å². The fourth-order valence-electron chi connectivity index (χ4n) is 3.15. The summed E-state index contributed by atoms with van der Waals surface area (Å²) in [4.78, 5) is 4.60. The molecule has 0 fully saturated rings. The van der Waals surface area contributed by atoms with Gasteiger partial charge < -0.3 is 0 Å². The number of hydrogen-bond donors (Lipinski definition) is 0. The Morgan fingerprint density at radius 2 is 1.75 bits per heavy atom. The maximum absolute atomic E-state index is 4.60. The number of benzene rings is 2. The van der Waals surface area contributed by atoms with Crippen LogP contribution >= 0.6 is 11.3 Å². The van der Waals surface area contributed by atoms with Gasteiger partial charge in [0.1, 0.15) is 0 Å². The number of nitrogens with zero attached hydrogens (tertiary/aromatic N) is 1. The second-order valence-electron chi connectivity index (χ2n) is 7.46. The van der Waals surface area contributed by atoms with Crippen LogP contribution in [-0.2, 0) is 0 Å². The van der Waals surface area contributed by atoms with Gasteiger partial charge in [0.05, 0.1) is 13.8 Å². The van der Waals surface area contributed by atoms with Crippen molar-refractivity contribution >= 4 is 44.8 Å². The summed E-state index contributed by atoms with van der Waals surface area (Å²) in [6.45, 7) is 9.34. The largest absolute Gasteiger partial charge is 0.256 e. The SMILES string of the molecule is Cc1ccnc(-c2cccc3c2sc2cc([Si](C)(C)C)ccc23)c1. The van der Waals surface area contributed by atoms with Gasteiger partial charge in [-0.3, -0.25) is 4.98 Å². The van der Waals surface area contributed by atoms with Gasteiger partial charge in [-0.1, -0.05) is 55.2 Å². The van der Waals surface area contributed by atoms with Gasteiger partial charge in [-0.25, -0.2) is 0 Å². The number of aromatic nitrogens is 1. The van der Waals surface area contributed by atoms with Crippen LogP contribution in [-0.4, -0.2) is 13.1 Å². The molecule has 0 spiro atoms. The Morgan fingerprint density at radius 1 is 0.917 bits per heavy atom. The minimum atomic E-state index is -1.29. The van der Waals surface area contributed by atoms with E-state index in [1.165, 1.54) is 36.5 Å². The lowest BCUT2D eigenvalue weighted by Crippen LogP contribution is -2.37. The first-order valence-corrected chi connectivity index (χ1v) is 12.6. The smallest absolute Gasteiger partial charge is 0.0776 e. The molecule has 2 heterocycles. The van der Waals surface area contributed by atoms with Crippen LogP contribution in [0, 0.1) is 6.92 Å². The third-order valence-corrected chi connectivity index (χ3v) is 7.80. The number of fused-ring (bicyclic) bond motifs is 3. The minimum absolute atomic E-state index is 1.07. The summed E-state index contributed by atoms with van der Waals surface area (Å²) in [6.07, 6.45) is 1.90. The first kappa shape index (κ1) is 15.5. The fourth-order valence-corrected chi connectivity index (χ4v) is 5.68. The van der Waals surface area contributed by atoms with E-state index in [9.17, 15) is 0 Å². The molecule has 4 rings (SSSR count). The molecule has 4 aromatic rings. The van der Waals surface area contributed by atoms with E-state index in [1.54, 1.807) is 0 Å². The Hall–Kier alpha value is -1.97. The van der Waals surface area contributed by atoms with E-state index >= 15 is 0 Å². The summed E-state index contributed by atoms with van der Waals surface area (Å²) < 4.78 is 2.74. The summed E-state index contributed by atoms with van der Waals surface area (Å²) in [7, 11) is -1.29. The number of pyridine rings is 1. The maximum Gasteiger partial charge on any atom is 0.0776 e. The van der Waals surface area contributed by atoms with E-state index in [2.05, 4.69) is 80.1 Å². The molecule has 0 saturated heterocycles. The van der Waals surface area contributed by atoms with E-state index in [-0.39, 0.29) is 0 Å². The minimum Gasteiger partial charge on any atom is -0.256 e. The molecule has 0 radical (unpaired) electrons. The van der Waals surface area contributed by atoms with Crippen LogP contribution in [0.3, 0.4) is 0 Å². The average molecular weight is 348 g/mol. The Labute approximate surface area is 148 Å². The summed E-state index contributed by atoms with van der Waals surface area (Å²) >= 11 is 1.90. The van der Waals surface area contributed by atoms with Crippen molar-refractivity contribution in [1.82, 2.24) is 4.98 Å². The van der Waals surface area contributed by atoms with Gasteiger partial charge in [0, 0.05) is 31.9 Å². The van der Waals surface area contributed by atoms with Crippen molar-refractivity contribution in [3.8, 4) is 11.3 Å². The highest BCUT2D eigenvalue weighted by Gasteiger charge is 2.18. The third-order valence-electron chi connectivity index (χ3n) is 4.56. The van der Waals surface area contributed by atoms with Gasteiger partial charge in [0.2, 0.25) is 0 Å². The van der Waals surface area contributed by atoms with Crippen LogP contribution < -0.4 is 5.19 Å². The van der Waals surface area contributed by atoms with Gasteiger partial charge in [-0.05, 0) is 30.7 Å². The molecule has 0 N–H and O–H groups in total. The van der Waals surface area contributed by atoms with Crippen molar-refractivity contribution in [2.75, 3.05) is 0 Å². The lowest BCUT2D eigenvalue weighted by molar-refractivity contribution is 1.29. The molecule has 0 aliphatic heterocycles. The highest BCUT2D eigenvalue weighted by atomic mass is 32.1. The molecule has 2 aromatic heterocycles. The van der Waals surface area contributed by atoms with Gasteiger partial charge in [0.25, 0.3) is 0 Å². The zero-order valence-electron chi connectivity index (χ0n) is 14.6. The quantitative estimate of drug-likeness (QED) is 0.407. The Kier molecular flexibility index (Phi) is 3.59. The molecule has 120 valence electrons. The van der Waals surface area contributed by atoms with Crippen LogP contribution in [0.2, 0.25) is 19.6 Å². The third kappa shape index (κ3) is 2.58. The van der Waals surface area contributed by atoms with Crippen LogP contribution in [0.15, 0.2) is 54.7 Å². The van der Waals surface area contributed by atoms with Crippen molar-refractivity contribution < 1.29 is 0 Å². The summed E-state index contributed by atoms with van der Waals surface area (Å²) in [6, 6.07) is 17.9. The highest BCUT2D eigenvalue weighted by Crippen LogP contribution is 2.39. The number of hydrogen-bond acceptors (Lipinski definition) is 2. The van der Waals surface area contributed by atoms with Gasteiger partial charge in [0.15, 0.2) is 0 Å². The van der Waals surface area contributed by atoms with E-state index in [0.29, 0.717) is 0 Å². The Morgan fingerprint density at radius 3 is 2.50 bits per heavy atom. The first-order valence-electron chi connectivity index (χ1n) is 8.32. The number of thiophene rings is 1. The summed E-state index contributed by atoms with van der Waals surface area (Å²) in [5.74, 6) is 0. The number of aryl methyl sites for hydroxylation is 1. The molecule has 0 atom stereocenters. The molecular formula is C21H21NSSi. The molecule has 1 nitrogen and oxygen atoms in total. The second kappa shape index (κ2) is 5.54. The van der Waals surface area contributed by atoms with Gasteiger partial charge >= 0.3 is 0 Å². The van der Waals surface area contributed by atoms with Crippen molar-refractivity contribution in [3.63, 3.8) is 0 Å². The standard InChI is InChI=1S/C21H21NSSi/c1-14-10-11-22-19(12-14)18-7-5-6-17-16-9-8-15(24(2,3)4)13-20(16)23-21(17)18/h5-13H,1-4H3. The van der Waals surface area contributed by atoms with E-state index in [1.807, 2.05) is 17.5 Å². The Bertz CT molecular complexity index is 1060. The zero-order valence-corrected chi connectivity index (χ0v) is 16.4. The van der Waals surface area contributed by atoms with Crippen molar-refractivity contribution in [2.45, 2.75) is 26.6 Å². The summed E-state index contributed by atoms with van der Waals surface area (Å²) in [5, 5.41) is 4.24. The molecule has 0 amide bonds. The van der Waals surface area contributed by atoms with Crippen molar-refractivity contribution in [3.05, 3.63) is 60.3 Å². The fraction of sp³-hybridized carbons (Fsp3) is 0.190. The normalized spacial score (nSPS) is 12.2. The van der Waals surface area contributed by atoms with Crippen LogP contribution in [0.5, 0.6) is 0 Å². The molecule has 0 aliphatic carbocycles. The summed E-state index contributed by atoms with van der Waals surface area (Å²) in [5.41, 5.74) is 3.56. The predicted molar refractivity (Wildman–Crippen MR) is 110 cm³/mol. The van der Waals surface area contributed by atoms with Crippen LogP contribution in [0.4, 0.5) is 0 Å². The van der Waals surface area contributed by atoms with Crippen molar-refractivity contribution in [2.24, 2.45) is 0 Å². The second-order valence-corrected chi connectivity index (χ2v) is 13.6. The first-order chi connectivity index (χ1) is 11.4. The Balaban J connectivity index is 2.00. The molecule has 3 heteroatoms. The average Bonchev–Trinajstić information content (AvgIpc) is 2.91. The van der Waals surface area contributed by atoms with E-state index < -0.39 is 8.07 Å². The van der Waals surface area contributed by atoms with Crippen LogP contribution in [0.1, 0.15) is 5.56 Å². The molecule has 24 heavy (non-hydrogen) atoms. The maximum atomic E-state index is 4.60. The van der Waals surface area contributed by atoms with Crippen LogP contribution in [0.25, 0.3) is 31.4 Å². The molecule has 0 unspecified atom stereocenters. The topological polar surface area (TPSA) is 12.9 Å². The predicted octanol–water partition coefficient (Wildman–Crippen LogP) is 5.97. The highest BCUT2D eigenvalue weighted by molar-refractivity contribution is 7.26. The molecular weight excluding hydrogens is 326 g/mol. The number of rotatable bonds is 2. The lowest BCUT2D eigenvalue weighted by Gasteiger charge is -2.16. The molecule has 0 saturated carbocycles.